The average Bonchev–Trinajstić information content (AvgIpc) is 3.36. The van der Waals surface area contributed by atoms with Crippen molar-refractivity contribution in [2.24, 2.45) is 17.8 Å². The third-order valence-electron chi connectivity index (χ3n) is 7.24. The molecular weight excluding hydrogens is 413 g/mol. The van der Waals surface area contributed by atoms with E-state index >= 15 is 0 Å². The second-order valence-corrected chi connectivity index (χ2v) is 9.34. The maximum atomic E-state index is 13.4. The molecule has 3 saturated heterocycles. The van der Waals surface area contributed by atoms with Gasteiger partial charge in [0.1, 0.15) is 0 Å². The molecule has 4 aliphatic rings. The summed E-state index contributed by atoms with van der Waals surface area (Å²) < 4.78 is 52.4. The molecule has 0 unspecified atom stereocenters. The Morgan fingerprint density at radius 3 is 2.52 bits per heavy atom. The average molecular weight is 434 g/mol. The zero-order valence-electron chi connectivity index (χ0n) is 17.0. The number of nitriles is 1. The first-order valence-electron chi connectivity index (χ1n) is 10.3. The van der Waals surface area contributed by atoms with E-state index in [1.807, 2.05) is 0 Å². The maximum absolute atomic E-state index is 13.4. The molecule has 1 aromatic carbocycles. The molecule has 0 N–H and O–H groups in total. The van der Waals surface area contributed by atoms with Crippen LogP contribution in [0.15, 0.2) is 18.2 Å². The minimum absolute atomic E-state index is 0.0808. The highest BCUT2D eigenvalue weighted by molar-refractivity contribution is 6.23. The highest BCUT2D eigenvalue weighted by Crippen LogP contribution is 2.63. The number of nitrogens with zero attached hydrogens (tertiary/aromatic N) is 2. The van der Waals surface area contributed by atoms with Crippen LogP contribution in [0.2, 0.25) is 0 Å². The van der Waals surface area contributed by atoms with Gasteiger partial charge in [-0.1, -0.05) is 0 Å². The molecule has 1 saturated carbocycles. The van der Waals surface area contributed by atoms with Crippen LogP contribution in [0.3, 0.4) is 0 Å². The van der Waals surface area contributed by atoms with Gasteiger partial charge in [-0.3, -0.25) is 9.59 Å². The summed E-state index contributed by atoms with van der Waals surface area (Å²) in [6, 6.07) is 4.42. The van der Waals surface area contributed by atoms with Gasteiger partial charge in [-0.05, 0) is 51.3 Å². The Hall–Kier alpha value is -2.44. The van der Waals surface area contributed by atoms with E-state index in [0.29, 0.717) is 19.1 Å². The zero-order chi connectivity index (χ0) is 22.3. The molecule has 31 heavy (non-hydrogen) atoms. The van der Waals surface area contributed by atoms with Crippen molar-refractivity contribution in [2.75, 3.05) is 11.5 Å². The van der Waals surface area contributed by atoms with Gasteiger partial charge >= 0.3 is 6.18 Å². The van der Waals surface area contributed by atoms with Crippen molar-refractivity contribution in [1.82, 2.24) is 0 Å². The fourth-order valence-electron chi connectivity index (χ4n) is 5.66. The van der Waals surface area contributed by atoms with Gasteiger partial charge in [-0.15, -0.1) is 0 Å². The van der Waals surface area contributed by atoms with Crippen LogP contribution < -0.4 is 4.90 Å². The minimum atomic E-state index is -4.78. The predicted octanol–water partition coefficient (Wildman–Crippen LogP) is 3.43. The Bertz CT molecular complexity index is 1030. The first-order valence-corrected chi connectivity index (χ1v) is 10.3. The van der Waals surface area contributed by atoms with Crippen molar-refractivity contribution in [1.29, 1.82) is 5.26 Å². The Balaban J connectivity index is 1.50. The number of fused-ring (bicyclic) bond motifs is 5. The van der Waals surface area contributed by atoms with Crippen LogP contribution in [0.1, 0.15) is 44.2 Å². The highest BCUT2D eigenvalue weighted by atomic mass is 19.4. The molecular formula is C22H21F3N2O4. The van der Waals surface area contributed by atoms with E-state index in [4.69, 9.17) is 14.7 Å². The maximum Gasteiger partial charge on any atom is 0.417 e. The quantitative estimate of drug-likeness (QED) is 0.679. The number of alkyl halides is 3. The third kappa shape index (κ3) is 2.84. The molecule has 0 radical (unpaired) electrons. The lowest BCUT2D eigenvalue weighted by molar-refractivity contribution is -0.138. The zero-order valence-corrected chi connectivity index (χ0v) is 17.0. The summed E-state index contributed by atoms with van der Waals surface area (Å²) in [5.74, 6) is -2.73. The lowest BCUT2D eigenvalue weighted by Gasteiger charge is -2.35. The number of ether oxygens (including phenoxy) is 2. The molecule has 5 atom stereocenters. The molecule has 1 aromatic rings. The van der Waals surface area contributed by atoms with Gasteiger partial charge in [0.05, 0.1) is 58.6 Å². The number of anilines is 1. The van der Waals surface area contributed by atoms with E-state index in [1.54, 1.807) is 13.8 Å². The molecule has 0 spiro atoms. The van der Waals surface area contributed by atoms with Crippen LogP contribution in [-0.4, -0.2) is 35.7 Å². The summed E-state index contributed by atoms with van der Waals surface area (Å²) in [7, 11) is 0. The Morgan fingerprint density at radius 1 is 1.23 bits per heavy atom. The summed E-state index contributed by atoms with van der Waals surface area (Å²) in [5.41, 5.74) is -3.70. The highest BCUT2D eigenvalue weighted by Gasteiger charge is 2.75. The van der Waals surface area contributed by atoms with Gasteiger partial charge in [-0.2, -0.15) is 18.4 Å². The monoisotopic (exact) mass is 434 g/mol. The Kier molecular flexibility index (Phi) is 4.16. The predicted molar refractivity (Wildman–Crippen MR) is 101 cm³/mol. The molecule has 1 aliphatic carbocycles. The van der Waals surface area contributed by atoms with Crippen LogP contribution in [0.4, 0.5) is 18.9 Å². The smallest absolute Gasteiger partial charge is 0.378 e. The molecule has 3 heterocycles. The number of carbonyl (C=O) groups is 2. The normalized spacial score (nSPS) is 36.8. The molecule has 2 amide bonds. The van der Waals surface area contributed by atoms with Crippen LogP contribution in [0.5, 0.6) is 0 Å². The standard InChI is InChI=1S/C22H21F3N2O4/c1-20-8-12(10-30-14-5-6-14)21(2,31-20)17-16(20)18(28)27(19(17)29)13-4-3-11(9-26)15(7-13)22(23,24)25/h3-4,7,12,14,16-17H,5-6,8,10H2,1-2H3/t12-,16+,17-,20+,21-/m0/s1. The molecule has 5 rings (SSSR count). The lowest BCUT2D eigenvalue weighted by Crippen LogP contribution is -2.47. The Labute approximate surface area is 176 Å². The molecule has 3 aliphatic heterocycles. The first-order chi connectivity index (χ1) is 14.5. The molecule has 4 fully saturated rings. The fourth-order valence-corrected chi connectivity index (χ4v) is 5.66. The summed E-state index contributed by atoms with van der Waals surface area (Å²) in [6.45, 7) is 4.02. The van der Waals surface area contributed by atoms with Gasteiger partial charge in [0, 0.05) is 5.92 Å². The summed E-state index contributed by atoms with van der Waals surface area (Å²) in [6.07, 6.45) is -1.97. The number of imide groups is 1. The number of amides is 2. The van der Waals surface area contributed by atoms with Gasteiger partial charge in [-0.25, -0.2) is 4.90 Å². The largest absolute Gasteiger partial charge is 0.417 e. The number of hydrogen-bond acceptors (Lipinski definition) is 5. The fraction of sp³-hybridized carbons (Fsp3) is 0.591. The summed E-state index contributed by atoms with van der Waals surface area (Å²) >= 11 is 0. The molecule has 9 heteroatoms. The van der Waals surface area contributed by atoms with Crippen molar-refractivity contribution in [3.63, 3.8) is 0 Å². The van der Waals surface area contributed by atoms with Crippen LogP contribution in [0.25, 0.3) is 0 Å². The number of hydrogen-bond donors (Lipinski definition) is 0. The topological polar surface area (TPSA) is 79.6 Å². The van der Waals surface area contributed by atoms with E-state index in [-0.39, 0.29) is 17.7 Å². The molecule has 6 nitrogen and oxygen atoms in total. The van der Waals surface area contributed by atoms with Gasteiger partial charge < -0.3 is 9.47 Å². The van der Waals surface area contributed by atoms with Gasteiger partial charge in [0.2, 0.25) is 11.8 Å². The van der Waals surface area contributed by atoms with E-state index in [0.717, 1.165) is 23.8 Å². The first kappa shape index (κ1) is 20.5. The number of benzene rings is 1. The van der Waals surface area contributed by atoms with Crippen molar-refractivity contribution in [2.45, 2.75) is 56.6 Å². The van der Waals surface area contributed by atoms with Crippen molar-refractivity contribution in [3.05, 3.63) is 29.3 Å². The van der Waals surface area contributed by atoms with Crippen molar-refractivity contribution in [3.8, 4) is 6.07 Å². The van der Waals surface area contributed by atoms with E-state index in [9.17, 15) is 22.8 Å². The van der Waals surface area contributed by atoms with E-state index in [2.05, 4.69) is 0 Å². The van der Waals surface area contributed by atoms with Crippen LogP contribution in [-0.2, 0) is 25.2 Å². The van der Waals surface area contributed by atoms with Gasteiger partial charge in [0.15, 0.2) is 0 Å². The van der Waals surface area contributed by atoms with Crippen LogP contribution >= 0.6 is 0 Å². The van der Waals surface area contributed by atoms with Crippen molar-refractivity contribution < 1.29 is 32.2 Å². The second-order valence-electron chi connectivity index (χ2n) is 9.34. The van der Waals surface area contributed by atoms with Crippen molar-refractivity contribution >= 4 is 17.5 Å². The summed E-state index contributed by atoms with van der Waals surface area (Å²) in [4.78, 5) is 27.5. The Morgan fingerprint density at radius 2 is 1.90 bits per heavy atom. The number of carbonyl (C=O) groups excluding carboxylic acids is 2. The lowest BCUT2D eigenvalue weighted by atomic mass is 9.64. The molecule has 0 aromatic heterocycles. The number of halogens is 3. The second kappa shape index (κ2) is 6.30. The van der Waals surface area contributed by atoms with Gasteiger partial charge in [0.25, 0.3) is 0 Å². The molecule has 2 bridgehead atoms. The number of rotatable bonds is 4. The van der Waals surface area contributed by atoms with E-state index in [1.165, 1.54) is 12.1 Å². The third-order valence-corrected chi connectivity index (χ3v) is 7.24. The summed E-state index contributed by atoms with van der Waals surface area (Å²) in [5, 5.41) is 9.02. The van der Waals surface area contributed by atoms with E-state index < -0.39 is 52.2 Å². The SMILES string of the molecule is C[C@]12O[C@](C)(C[C@H]1COC1CC1)[C@H]1C(=O)N(c3ccc(C#N)c(C(F)(F)F)c3)C(=O)[C@H]12. The molecule has 164 valence electrons. The van der Waals surface area contributed by atoms with Crippen LogP contribution in [0, 0.1) is 29.1 Å². The minimum Gasteiger partial charge on any atom is -0.378 e.